The number of rotatable bonds is 5. The first-order chi connectivity index (χ1) is 21.3. The molecule has 0 saturated carbocycles. The number of hydrogen-bond acceptors (Lipinski definition) is 4. The van der Waals surface area contributed by atoms with Gasteiger partial charge in [0.1, 0.15) is 17.1 Å². The zero-order valence-electron chi connectivity index (χ0n) is 27.6. The molecule has 5 nitrogen and oxygen atoms in total. The predicted molar refractivity (Wildman–Crippen MR) is 186 cm³/mol. The molecule has 0 atom stereocenters. The van der Waals surface area contributed by atoms with E-state index in [2.05, 4.69) is 107 Å². The standard InChI is InChI=1S/C40H42N4O/c1-25(2)26-20-27(33-16-12-13-18-41-33)22-28(21-26)35-36-34(17-19-42-35)44(30-14-10-9-11-15-30)38(43-36)31-23-29(39(3,4)5)24-32(37(31)45)40(6,7)8/h9-25,45H,1-8H3. The molecule has 0 aliphatic carbocycles. The van der Waals surface area contributed by atoms with Gasteiger partial charge in [-0.25, -0.2) is 4.98 Å². The number of pyridine rings is 2. The van der Waals surface area contributed by atoms with Crippen molar-refractivity contribution < 1.29 is 5.11 Å². The molecule has 0 saturated heterocycles. The van der Waals surface area contributed by atoms with Crippen LogP contribution in [0.25, 0.3) is 50.6 Å². The number of benzene rings is 3. The fraction of sp³-hybridized carbons (Fsp3) is 0.275. The van der Waals surface area contributed by atoms with Crippen LogP contribution in [0.4, 0.5) is 0 Å². The van der Waals surface area contributed by atoms with Gasteiger partial charge in [0.25, 0.3) is 0 Å². The Balaban J connectivity index is 1.69. The van der Waals surface area contributed by atoms with E-state index in [1.165, 1.54) is 5.56 Å². The molecule has 3 aromatic carbocycles. The SMILES string of the molecule is CC(C)c1cc(-c2ccccn2)cc(-c2nccc3c2nc(-c2cc(C(C)(C)C)cc(C(C)(C)C)c2O)n3-c2ccccc2)c1. The zero-order chi connectivity index (χ0) is 32.1. The molecule has 3 heterocycles. The van der Waals surface area contributed by atoms with Crippen molar-refractivity contribution in [2.24, 2.45) is 0 Å². The Morgan fingerprint density at radius 3 is 2.07 bits per heavy atom. The summed E-state index contributed by atoms with van der Waals surface area (Å²) in [5.41, 5.74) is 9.99. The molecule has 0 bridgehead atoms. The maximum absolute atomic E-state index is 11.9. The first-order valence-corrected chi connectivity index (χ1v) is 15.7. The van der Waals surface area contributed by atoms with Crippen LogP contribution in [0.3, 0.4) is 0 Å². The maximum Gasteiger partial charge on any atom is 0.149 e. The van der Waals surface area contributed by atoms with Crippen LogP contribution >= 0.6 is 0 Å². The normalized spacial score (nSPS) is 12.3. The second-order valence-corrected chi connectivity index (χ2v) is 14.3. The smallest absolute Gasteiger partial charge is 0.149 e. The average molecular weight is 595 g/mol. The largest absolute Gasteiger partial charge is 0.507 e. The van der Waals surface area contributed by atoms with E-state index in [0.29, 0.717) is 17.3 Å². The number of para-hydroxylation sites is 1. The lowest BCUT2D eigenvalue weighted by Gasteiger charge is -2.27. The summed E-state index contributed by atoms with van der Waals surface area (Å²) in [4.78, 5) is 14.9. The number of aromatic nitrogens is 4. The third-order valence-corrected chi connectivity index (χ3v) is 8.47. The lowest BCUT2D eigenvalue weighted by Crippen LogP contribution is -2.17. The fourth-order valence-corrected chi connectivity index (χ4v) is 5.85. The third-order valence-electron chi connectivity index (χ3n) is 8.47. The summed E-state index contributed by atoms with van der Waals surface area (Å²) in [5, 5.41) is 11.9. The molecular formula is C40H42N4O. The zero-order valence-corrected chi connectivity index (χ0v) is 27.6. The van der Waals surface area contributed by atoms with Crippen molar-refractivity contribution in [3.8, 4) is 45.3 Å². The van der Waals surface area contributed by atoms with Gasteiger partial charge in [-0.1, -0.05) is 85.7 Å². The van der Waals surface area contributed by atoms with Gasteiger partial charge in [-0.05, 0) is 82.5 Å². The van der Waals surface area contributed by atoms with Gasteiger partial charge in [0.15, 0.2) is 0 Å². The first-order valence-electron chi connectivity index (χ1n) is 15.7. The highest BCUT2D eigenvalue weighted by atomic mass is 16.3. The van der Waals surface area contributed by atoms with Gasteiger partial charge >= 0.3 is 0 Å². The number of aromatic hydroxyl groups is 1. The second-order valence-electron chi connectivity index (χ2n) is 14.3. The van der Waals surface area contributed by atoms with E-state index < -0.39 is 0 Å². The molecule has 228 valence electrons. The molecule has 0 aliphatic rings. The lowest BCUT2D eigenvalue weighted by molar-refractivity contribution is 0.446. The summed E-state index contributed by atoms with van der Waals surface area (Å²) in [6.07, 6.45) is 3.69. The summed E-state index contributed by atoms with van der Waals surface area (Å²) in [6.45, 7) is 17.4. The lowest BCUT2D eigenvalue weighted by atomic mass is 9.79. The summed E-state index contributed by atoms with van der Waals surface area (Å²) in [6, 6.07) is 29.1. The minimum atomic E-state index is -0.268. The van der Waals surface area contributed by atoms with E-state index >= 15 is 0 Å². The Morgan fingerprint density at radius 1 is 0.711 bits per heavy atom. The van der Waals surface area contributed by atoms with Gasteiger partial charge in [0.05, 0.1) is 22.5 Å². The highest BCUT2D eigenvalue weighted by molar-refractivity contribution is 5.95. The molecule has 3 aromatic heterocycles. The van der Waals surface area contributed by atoms with E-state index in [0.717, 1.165) is 50.4 Å². The average Bonchev–Trinajstić information content (AvgIpc) is 3.40. The van der Waals surface area contributed by atoms with Crippen LogP contribution in [0.2, 0.25) is 0 Å². The van der Waals surface area contributed by atoms with Crippen LogP contribution in [-0.4, -0.2) is 24.6 Å². The Kier molecular flexibility index (Phi) is 7.60. The Bertz CT molecular complexity index is 1990. The van der Waals surface area contributed by atoms with Crippen molar-refractivity contribution in [2.45, 2.75) is 72.1 Å². The Hall–Kier alpha value is -4.77. The number of phenolic OH excluding ortho intramolecular Hbond substituents is 1. The number of nitrogens with zero attached hydrogens (tertiary/aromatic N) is 4. The predicted octanol–water partition coefficient (Wildman–Crippen LogP) is 10.2. The maximum atomic E-state index is 11.9. The molecule has 0 amide bonds. The summed E-state index contributed by atoms with van der Waals surface area (Å²) >= 11 is 0. The number of fused-ring (bicyclic) bond motifs is 1. The highest BCUT2D eigenvalue weighted by Crippen LogP contribution is 2.44. The third kappa shape index (κ3) is 5.75. The molecule has 6 aromatic rings. The molecule has 6 rings (SSSR count). The Labute approximate surface area is 266 Å². The number of phenols is 1. The molecule has 0 unspecified atom stereocenters. The van der Waals surface area contributed by atoms with Crippen molar-refractivity contribution >= 4 is 11.0 Å². The molecule has 1 N–H and O–H groups in total. The van der Waals surface area contributed by atoms with Crippen molar-refractivity contribution in [2.75, 3.05) is 0 Å². The molecule has 0 spiro atoms. The summed E-state index contributed by atoms with van der Waals surface area (Å²) < 4.78 is 2.15. The van der Waals surface area contributed by atoms with Crippen LogP contribution < -0.4 is 0 Å². The molecule has 45 heavy (non-hydrogen) atoms. The summed E-state index contributed by atoms with van der Waals surface area (Å²) in [5.74, 6) is 1.26. The molecule has 0 aliphatic heterocycles. The molecule has 5 heteroatoms. The van der Waals surface area contributed by atoms with Crippen molar-refractivity contribution in [3.63, 3.8) is 0 Å². The van der Waals surface area contributed by atoms with Crippen LogP contribution in [0.5, 0.6) is 5.75 Å². The van der Waals surface area contributed by atoms with Crippen molar-refractivity contribution in [1.29, 1.82) is 0 Å². The highest BCUT2D eigenvalue weighted by Gasteiger charge is 2.28. The molecular weight excluding hydrogens is 552 g/mol. The number of imidazole rings is 1. The van der Waals surface area contributed by atoms with E-state index in [1.54, 1.807) is 0 Å². The first kappa shape index (κ1) is 30.3. The minimum Gasteiger partial charge on any atom is -0.507 e. The van der Waals surface area contributed by atoms with Gasteiger partial charge in [0, 0.05) is 34.8 Å². The van der Waals surface area contributed by atoms with E-state index in [4.69, 9.17) is 9.97 Å². The van der Waals surface area contributed by atoms with Gasteiger partial charge in [-0.2, -0.15) is 0 Å². The molecule has 0 fully saturated rings. The van der Waals surface area contributed by atoms with Crippen LogP contribution in [-0.2, 0) is 10.8 Å². The minimum absolute atomic E-state index is 0.127. The van der Waals surface area contributed by atoms with E-state index in [-0.39, 0.29) is 16.6 Å². The van der Waals surface area contributed by atoms with Gasteiger partial charge in [-0.3, -0.25) is 14.5 Å². The van der Waals surface area contributed by atoms with Crippen molar-refractivity contribution in [1.82, 2.24) is 19.5 Å². The topological polar surface area (TPSA) is 63.8 Å². The van der Waals surface area contributed by atoms with Crippen LogP contribution in [0.15, 0.2) is 97.3 Å². The van der Waals surface area contributed by atoms with Crippen molar-refractivity contribution in [3.05, 3.63) is 114 Å². The van der Waals surface area contributed by atoms with E-state index in [9.17, 15) is 5.11 Å². The summed E-state index contributed by atoms with van der Waals surface area (Å²) in [7, 11) is 0. The van der Waals surface area contributed by atoms with Crippen LogP contribution in [0, 0.1) is 0 Å². The van der Waals surface area contributed by atoms with E-state index in [1.807, 2.05) is 54.9 Å². The molecule has 0 radical (unpaired) electrons. The second kappa shape index (κ2) is 11.3. The van der Waals surface area contributed by atoms with Gasteiger partial charge in [0.2, 0.25) is 0 Å². The van der Waals surface area contributed by atoms with Gasteiger partial charge < -0.3 is 5.11 Å². The van der Waals surface area contributed by atoms with Crippen LogP contribution in [0.1, 0.15) is 78.0 Å². The monoisotopic (exact) mass is 594 g/mol. The quantitative estimate of drug-likeness (QED) is 0.216. The Morgan fingerprint density at radius 2 is 1.42 bits per heavy atom. The van der Waals surface area contributed by atoms with Gasteiger partial charge in [-0.15, -0.1) is 0 Å². The fourth-order valence-electron chi connectivity index (χ4n) is 5.85. The number of hydrogen-bond donors (Lipinski definition) is 1.